The van der Waals surface area contributed by atoms with E-state index in [1.54, 1.807) is 19.2 Å². The second-order valence-electron chi connectivity index (χ2n) is 7.46. The highest BCUT2D eigenvalue weighted by Gasteiger charge is 2.22. The normalized spacial score (nSPS) is 11.8. The minimum Gasteiger partial charge on any atom is -0.497 e. The van der Waals surface area contributed by atoms with Gasteiger partial charge in [-0.2, -0.15) is 0 Å². The number of methoxy groups -OCH3 is 1. The van der Waals surface area contributed by atoms with Crippen LogP contribution in [-0.4, -0.2) is 44.6 Å². The fraction of sp³-hybridized carbons (Fsp3) is 0.304. The van der Waals surface area contributed by atoms with E-state index >= 15 is 0 Å². The lowest BCUT2D eigenvalue weighted by Crippen LogP contribution is -2.16. The van der Waals surface area contributed by atoms with Gasteiger partial charge in [0.15, 0.2) is 17.1 Å². The molecule has 0 aliphatic carbocycles. The van der Waals surface area contributed by atoms with Gasteiger partial charge in [-0.15, -0.1) is 10.2 Å². The number of benzene rings is 2. The van der Waals surface area contributed by atoms with E-state index in [1.807, 2.05) is 49.6 Å². The molecule has 1 unspecified atom stereocenters. The minimum atomic E-state index is -1.02. The Labute approximate surface area is 196 Å². The number of carboxylic acid groups (broad SMARTS) is 1. The summed E-state index contributed by atoms with van der Waals surface area (Å²) < 4.78 is 13.1. The molecule has 0 bridgehead atoms. The number of ether oxygens (including phenoxy) is 2. The second kappa shape index (κ2) is 10.9. The number of anilines is 1. The number of aromatic carboxylic acids is 1. The quantitative estimate of drug-likeness (QED) is 0.418. The Morgan fingerprint density at radius 3 is 2.24 bits per heavy atom. The van der Waals surface area contributed by atoms with Crippen molar-refractivity contribution in [2.24, 2.45) is 0 Å². The van der Waals surface area contributed by atoms with Crippen molar-refractivity contribution in [3.8, 4) is 11.5 Å². The summed E-state index contributed by atoms with van der Waals surface area (Å²) in [5.74, 6) is 0.967. The lowest BCUT2D eigenvalue weighted by atomic mass is 10.2. The Hall–Kier alpha value is -3.53. The maximum atomic E-state index is 12.4. The molecule has 174 valence electrons. The van der Waals surface area contributed by atoms with Crippen molar-refractivity contribution in [3.63, 3.8) is 0 Å². The predicted molar refractivity (Wildman–Crippen MR) is 125 cm³/mol. The van der Waals surface area contributed by atoms with Crippen molar-refractivity contribution >= 4 is 29.3 Å². The van der Waals surface area contributed by atoms with Crippen LogP contribution in [0.2, 0.25) is 0 Å². The van der Waals surface area contributed by atoms with Crippen LogP contribution in [0.15, 0.2) is 53.7 Å². The second-order valence-corrected chi connectivity index (χ2v) is 8.40. The lowest BCUT2D eigenvalue weighted by Gasteiger charge is -2.19. The van der Waals surface area contributed by atoms with E-state index in [2.05, 4.69) is 15.5 Å². The van der Waals surface area contributed by atoms with E-state index in [-0.39, 0.29) is 29.4 Å². The van der Waals surface area contributed by atoms with Gasteiger partial charge in [-0.3, -0.25) is 4.79 Å². The minimum absolute atomic E-state index is 0.0611. The van der Waals surface area contributed by atoms with Gasteiger partial charge in [-0.1, -0.05) is 11.8 Å². The summed E-state index contributed by atoms with van der Waals surface area (Å²) in [7, 11) is 1.61. The lowest BCUT2D eigenvalue weighted by molar-refractivity contribution is -0.113. The highest BCUT2D eigenvalue weighted by molar-refractivity contribution is 7.99. The molecular formula is C23H26N4O5S. The Morgan fingerprint density at radius 1 is 1.03 bits per heavy atom. The van der Waals surface area contributed by atoms with Crippen molar-refractivity contribution < 1.29 is 24.2 Å². The van der Waals surface area contributed by atoms with Gasteiger partial charge in [0.2, 0.25) is 5.91 Å². The maximum Gasteiger partial charge on any atom is 0.335 e. The van der Waals surface area contributed by atoms with E-state index < -0.39 is 5.97 Å². The molecule has 33 heavy (non-hydrogen) atoms. The van der Waals surface area contributed by atoms with Gasteiger partial charge in [0.25, 0.3) is 0 Å². The fourth-order valence-electron chi connectivity index (χ4n) is 3.08. The average molecular weight is 471 g/mol. The Kier molecular flexibility index (Phi) is 7.94. The van der Waals surface area contributed by atoms with Crippen LogP contribution in [0.3, 0.4) is 0 Å². The zero-order valence-corrected chi connectivity index (χ0v) is 19.6. The first-order valence-corrected chi connectivity index (χ1v) is 11.3. The molecule has 3 aromatic rings. The molecule has 2 aromatic carbocycles. The van der Waals surface area contributed by atoms with Gasteiger partial charge in [-0.25, -0.2) is 4.79 Å². The summed E-state index contributed by atoms with van der Waals surface area (Å²) >= 11 is 1.27. The third-order valence-corrected chi connectivity index (χ3v) is 5.63. The maximum absolute atomic E-state index is 12.4. The smallest absolute Gasteiger partial charge is 0.335 e. The van der Waals surface area contributed by atoms with Gasteiger partial charge in [0.1, 0.15) is 11.5 Å². The molecule has 0 aliphatic heterocycles. The average Bonchev–Trinajstić information content (AvgIpc) is 3.23. The van der Waals surface area contributed by atoms with Crippen LogP contribution in [0.4, 0.5) is 5.69 Å². The zero-order chi connectivity index (χ0) is 24.0. The summed E-state index contributed by atoms with van der Waals surface area (Å²) in [6.07, 6.45) is -0.357. The summed E-state index contributed by atoms with van der Waals surface area (Å²) in [5.41, 5.74) is 0.684. The first kappa shape index (κ1) is 24.1. The van der Waals surface area contributed by atoms with Crippen molar-refractivity contribution in [2.45, 2.75) is 38.1 Å². The number of hydrogen-bond donors (Lipinski definition) is 2. The number of amides is 1. The molecule has 9 nitrogen and oxygen atoms in total. The largest absolute Gasteiger partial charge is 0.497 e. The van der Waals surface area contributed by atoms with Gasteiger partial charge in [-0.05, 0) is 69.3 Å². The van der Waals surface area contributed by atoms with Crippen LogP contribution in [0.25, 0.3) is 0 Å². The molecule has 0 radical (unpaired) electrons. The van der Waals surface area contributed by atoms with E-state index in [0.29, 0.717) is 22.4 Å². The van der Waals surface area contributed by atoms with Crippen LogP contribution in [0, 0.1) is 0 Å². The van der Waals surface area contributed by atoms with E-state index in [1.165, 1.54) is 23.9 Å². The van der Waals surface area contributed by atoms with Crippen LogP contribution in [-0.2, 0) is 4.79 Å². The number of nitrogens with zero attached hydrogens (tertiary/aromatic N) is 3. The summed E-state index contributed by atoms with van der Waals surface area (Å²) in [6, 6.07) is 13.4. The van der Waals surface area contributed by atoms with Crippen molar-refractivity contribution in [2.75, 3.05) is 18.2 Å². The molecule has 1 heterocycles. The molecule has 10 heteroatoms. The van der Waals surface area contributed by atoms with Gasteiger partial charge in [0.05, 0.1) is 18.4 Å². The van der Waals surface area contributed by atoms with E-state index in [0.717, 1.165) is 5.75 Å². The number of aromatic nitrogens is 3. The van der Waals surface area contributed by atoms with Crippen LogP contribution in [0.5, 0.6) is 11.5 Å². The zero-order valence-electron chi connectivity index (χ0n) is 18.8. The molecule has 1 atom stereocenters. The highest BCUT2D eigenvalue weighted by atomic mass is 32.2. The number of hydrogen-bond acceptors (Lipinski definition) is 7. The monoisotopic (exact) mass is 470 g/mol. The number of carbonyl (C=O) groups excluding carboxylic acids is 1. The molecule has 0 fully saturated rings. The standard InChI is InChI=1S/C23H26N4O5S/c1-14(2)27-21(15(3)32-19-11-9-18(31-4)10-12-19)25-26-23(27)33-13-20(28)24-17-7-5-16(6-8-17)22(29)30/h5-12,14-15H,13H2,1-4H3,(H,24,28)(H,29,30). The van der Waals surface area contributed by atoms with Crippen LogP contribution >= 0.6 is 11.8 Å². The van der Waals surface area contributed by atoms with E-state index in [9.17, 15) is 9.59 Å². The molecule has 3 rings (SSSR count). The van der Waals surface area contributed by atoms with Crippen LogP contribution in [0.1, 0.15) is 49.1 Å². The van der Waals surface area contributed by atoms with Crippen molar-refractivity contribution in [1.29, 1.82) is 0 Å². The summed E-state index contributed by atoms with van der Waals surface area (Å²) in [6.45, 7) is 5.93. The number of nitrogens with one attached hydrogen (secondary N) is 1. The van der Waals surface area contributed by atoms with Crippen LogP contribution < -0.4 is 14.8 Å². The molecule has 0 aliphatic rings. The number of carboxylic acids is 1. The number of thioether (sulfide) groups is 1. The number of rotatable bonds is 10. The first-order valence-electron chi connectivity index (χ1n) is 10.3. The molecule has 0 saturated heterocycles. The molecule has 2 N–H and O–H groups in total. The Morgan fingerprint density at radius 2 is 1.67 bits per heavy atom. The molecule has 1 aromatic heterocycles. The third-order valence-electron chi connectivity index (χ3n) is 4.69. The summed E-state index contributed by atoms with van der Waals surface area (Å²) in [4.78, 5) is 23.3. The Balaban J connectivity index is 1.64. The third kappa shape index (κ3) is 6.26. The molecule has 0 saturated carbocycles. The molecule has 0 spiro atoms. The van der Waals surface area contributed by atoms with E-state index in [4.69, 9.17) is 14.6 Å². The Bertz CT molecular complexity index is 1100. The SMILES string of the molecule is COc1ccc(OC(C)c2nnc(SCC(=O)Nc3ccc(C(=O)O)cc3)n2C(C)C)cc1. The van der Waals surface area contributed by atoms with Crippen molar-refractivity contribution in [3.05, 3.63) is 59.9 Å². The van der Waals surface area contributed by atoms with Gasteiger partial charge >= 0.3 is 5.97 Å². The first-order chi connectivity index (χ1) is 15.8. The highest BCUT2D eigenvalue weighted by Crippen LogP contribution is 2.28. The van der Waals surface area contributed by atoms with Crippen molar-refractivity contribution in [1.82, 2.24) is 14.8 Å². The predicted octanol–water partition coefficient (Wildman–Crippen LogP) is 4.44. The van der Waals surface area contributed by atoms with Gasteiger partial charge < -0.3 is 24.5 Å². The molecular weight excluding hydrogens is 444 g/mol. The fourth-order valence-corrected chi connectivity index (χ4v) is 3.96. The number of carbonyl (C=O) groups is 2. The molecule has 1 amide bonds. The topological polar surface area (TPSA) is 116 Å². The summed E-state index contributed by atoms with van der Waals surface area (Å²) in [5, 5.41) is 20.9. The van der Waals surface area contributed by atoms with Gasteiger partial charge in [0, 0.05) is 11.7 Å².